The Kier molecular flexibility index (Phi) is 3.54. The van der Waals surface area contributed by atoms with Crippen LogP contribution in [0.2, 0.25) is 0 Å². The Morgan fingerprint density at radius 1 is 1.18 bits per heavy atom. The first-order valence-corrected chi connectivity index (χ1v) is 5.78. The van der Waals surface area contributed by atoms with E-state index in [1.54, 1.807) is 6.07 Å². The lowest BCUT2D eigenvalue weighted by Crippen LogP contribution is -2.28. The van der Waals surface area contributed by atoms with Gasteiger partial charge in [0.05, 0.1) is 5.69 Å². The van der Waals surface area contributed by atoms with Gasteiger partial charge in [-0.25, -0.2) is 0 Å². The van der Waals surface area contributed by atoms with Crippen LogP contribution in [-0.2, 0) is 16.0 Å². The molecule has 0 unspecified atom stereocenters. The number of anilines is 1. The molecule has 2 rings (SSSR count). The van der Waals surface area contributed by atoms with Crippen molar-refractivity contribution in [2.24, 2.45) is 0 Å². The first-order valence-electron chi connectivity index (χ1n) is 5.78. The Morgan fingerprint density at radius 2 is 1.88 bits per heavy atom. The summed E-state index contributed by atoms with van der Waals surface area (Å²) >= 11 is 0. The molecule has 1 fully saturated rings. The lowest BCUT2D eigenvalue weighted by Gasteiger charge is -2.14. The fourth-order valence-corrected chi connectivity index (χ4v) is 2.00. The van der Waals surface area contributed by atoms with Crippen molar-refractivity contribution in [3.8, 4) is 0 Å². The topological polar surface area (TPSA) is 57.6 Å². The quantitative estimate of drug-likeness (QED) is 0.797. The molecule has 1 heterocycles. The van der Waals surface area contributed by atoms with Crippen LogP contribution in [0.3, 0.4) is 0 Å². The largest absolute Gasteiger partial charge is 0.396 e. The molecule has 0 bridgehead atoms. The van der Waals surface area contributed by atoms with Crippen molar-refractivity contribution in [2.75, 3.05) is 11.5 Å². The molecular formula is C13H15NO3. The van der Waals surface area contributed by atoms with E-state index in [0.29, 0.717) is 24.9 Å². The third kappa shape index (κ3) is 2.53. The van der Waals surface area contributed by atoms with E-state index in [0.717, 1.165) is 12.0 Å². The first kappa shape index (κ1) is 11.8. The molecule has 1 aliphatic rings. The SMILES string of the molecule is O=C1CCC(=O)N1c1cccc(CCCO)c1. The Labute approximate surface area is 99.9 Å². The fourth-order valence-electron chi connectivity index (χ4n) is 2.00. The molecule has 1 N–H and O–H groups in total. The van der Waals surface area contributed by atoms with E-state index in [1.165, 1.54) is 4.90 Å². The maximum absolute atomic E-state index is 11.6. The minimum atomic E-state index is -0.130. The Bertz CT molecular complexity index is 426. The summed E-state index contributed by atoms with van der Waals surface area (Å²) in [7, 11) is 0. The van der Waals surface area contributed by atoms with E-state index in [4.69, 9.17) is 5.11 Å². The average Bonchev–Trinajstić information content (AvgIpc) is 2.67. The van der Waals surface area contributed by atoms with Crippen LogP contribution in [0.4, 0.5) is 5.69 Å². The number of rotatable bonds is 4. The smallest absolute Gasteiger partial charge is 0.234 e. The van der Waals surface area contributed by atoms with Crippen LogP contribution in [0.1, 0.15) is 24.8 Å². The van der Waals surface area contributed by atoms with E-state index < -0.39 is 0 Å². The molecule has 90 valence electrons. The molecule has 1 aromatic carbocycles. The number of carbonyl (C=O) groups is 2. The number of aryl methyl sites for hydroxylation is 1. The normalized spacial score (nSPS) is 15.7. The molecular weight excluding hydrogens is 218 g/mol. The molecule has 0 aromatic heterocycles. The van der Waals surface area contributed by atoms with Gasteiger partial charge in [-0.1, -0.05) is 12.1 Å². The summed E-state index contributed by atoms with van der Waals surface area (Å²) < 4.78 is 0. The Hall–Kier alpha value is -1.68. The number of aliphatic hydroxyl groups excluding tert-OH is 1. The number of hydrogen-bond acceptors (Lipinski definition) is 3. The molecule has 4 heteroatoms. The highest BCUT2D eigenvalue weighted by molar-refractivity contribution is 6.19. The van der Waals surface area contributed by atoms with Gasteiger partial charge in [-0.3, -0.25) is 14.5 Å². The average molecular weight is 233 g/mol. The molecule has 0 aliphatic carbocycles. The van der Waals surface area contributed by atoms with Gasteiger partial charge >= 0.3 is 0 Å². The highest BCUT2D eigenvalue weighted by Gasteiger charge is 2.30. The van der Waals surface area contributed by atoms with Crippen molar-refractivity contribution >= 4 is 17.5 Å². The van der Waals surface area contributed by atoms with Gasteiger partial charge in [0, 0.05) is 19.4 Å². The van der Waals surface area contributed by atoms with Crippen LogP contribution in [-0.4, -0.2) is 23.5 Å². The number of carbonyl (C=O) groups excluding carboxylic acids is 2. The van der Waals surface area contributed by atoms with E-state index in [-0.39, 0.29) is 18.4 Å². The lowest BCUT2D eigenvalue weighted by molar-refractivity contribution is -0.121. The predicted octanol–water partition coefficient (Wildman–Crippen LogP) is 1.26. The maximum atomic E-state index is 11.6. The second-order valence-corrected chi connectivity index (χ2v) is 4.12. The van der Waals surface area contributed by atoms with Crippen LogP contribution in [0.25, 0.3) is 0 Å². The molecule has 1 saturated heterocycles. The summed E-state index contributed by atoms with van der Waals surface area (Å²) in [6.07, 6.45) is 2.05. The highest BCUT2D eigenvalue weighted by atomic mass is 16.3. The third-order valence-electron chi connectivity index (χ3n) is 2.84. The lowest BCUT2D eigenvalue weighted by atomic mass is 10.1. The van der Waals surface area contributed by atoms with Crippen molar-refractivity contribution in [2.45, 2.75) is 25.7 Å². The predicted molar refractivity (Wildman–Crippen MR) is 63.6 cm³/mol. The van der Waals surface area contributed by atoms with Crippen LogP contribution >= 0.6 is 0 Å². The zero-order chi connectivity index (χ0) is 12.3. The van der Waals surface area contributed by atoms with Gasteiger partial charge in [-0.05, 0) is 30.5 Å². The monoisotopic (exact) mass is 233 g/mol. The van der Waals surface area contributed by atoms with Gasteiger partial charge in [-0.2, -0.15) is 0 Å². The molecule has 0 atom stereocenters. The van der Waals surface area contributed by atoms with Gasteiger partial charge < -0.3 is 5.11 Å². The molecule has 0 saturated carbocycles. The second kappa shape index (κ2) is 5.10. The first-order chi connectivity index (χ1) is 8.22. The summed E-state index contributed by atoms with van der Waals surface area (Å²) in [4.78, 5) is 24.4. The third-order valence-corrected chi connectivity index (χ3v) is 2.84. The van der Waals surface area contributed by atoms with E-state index in [1.807, 2.05) is 18.2 Å². The van der Waals surface area contributed by atoms with Crippen molar-refractivity contribution in [1.82, 2.24) is 0 Å². The standard InChI is InChI=1S/C13H15NO3/c15-8-2-4-10-3-1-5-11(9-10)14-12(16)6-7-13(14)17/h1,3,5,9,15H,2,4,6-8H2. The fraction of sp³-hybridized carbons (Fsp3) is 0.385. The highest BCUT2D eigenvalue weighted by Crippen LogP contribution is 2.23. The number of aliphatic hydroxyl groups is 1. The minimum absolute atomic E-state index is 0.130. The molecule has 17 heavy (non-hydrogen) atoms. The van der Waals surface area contributed by atoms with Crippen LogP contribution in [0.15, 0.2) is 24.3 Å². The van der Waals surface area contributed by atoms with Crippen molar-refractivity contribution in [3.05, 3.63) is 29.8 Å². The van der Waals surface area contributed by atoms with Gasteiger partial charge in [-0.15, -0.1) is 0 Å². The number of amides is 2. The molecule has 4 nitrogen and oxygen atoms in total. The molecule has 1 aliphatic heterocycles. The van der Waals surface area contributed by atoms with Crippen molar-refractivity contribution in [3.63, 3.8) is 0 Å². The number of hydrogen-bond donors (Lipinski definition) is 1. The Morgan fingerprint density at radius 3 is 2.53 bits per heavy atom. The van der Waals surface area contributed by atoms with Gasteiger partial charge in [0.1, 0.15) is 0 Å². The van der Waals surface area contributed by atoms with Crippen LogP contribution in [0.5, 0.6) is 0 Å². The molecule has 2 amide bonds. The summed E-state index contributed by atoms with van der Waals surface area (Å²) in [6.45, 7) is 0.145. The van der Waals surface area contributed by atoms with Gasteiger partial charge in [0.15, 0.2) is 0 Å². The van der Waals surface area contributed by atoms with Crippen LogP contribution in [0, 0.1) is 0 Å². The maximum Gasteiger partial charge on any atom is 0.234 e. The van der Waals surface area contributed by atoms with Crippen molar-refractivity contribution < 1.29 is 14.7 Å². The minimum Gasteiger partial charge on any atom is -0.396 e. The second-order valence-electron chi connectivity index (χ2n) is 4.12. The molecule has 0 radical (unpaired) electrons. The summed E-state index contributed by atoms with van der Waals surface area (Å²) in [5, 5.41) is 8.77. The summed E-state index contributed by atoms with van der Waals surface area (Å²) in [5.74, 6) is -0.261. The Balaban J connectivity index is 2.20. The van der Waals surface area contributed by atoms with Gasteiger partial charge in [0.2, 0.25) is 11.8 Å². The molecule has 0 spiro atoms. The van der Waals surface area contributed by atoms with E-state index >= 15 is 0 Å². The summed E-state index contributed by atoms with van der Waals surface area (Å²) in [6, 6.07) is 7.38. The van der Waals surface area contributed by atoms with Crippen molar-refractivity contribution in [1.29, 1.82) is 0 Å². The molecule has 1 aromatic rings. The number of benzene rings is 1. The van der Waals surface area contributed by atoms with E-state index in [9.17, 15) is 9.59 Å². The van der Waals surface area contributed by atoms with Crippen LogP contribution < -0.4 is 4.90 Å². The zero-order valence-electron chi connectivity index (χ0n) is 9.56. The number of imide groups is 1. The summed E-state index contributed by atoms with van der Waals surface area (Å²) in [5.41, 5.74) is 1.68. The van der Waals surface area contributed by atoms with E-state index in [2.05, 4.69) is 0 Å². The number of nitrogens with zero attached hydrogens (tertiary/aromatic N) is 1. The van der Waals surface area contributed by atoms with Gasteiger partial charge in [0.25, 0.3) is 0 Å². The zero-order valence-corrected chi connectivity index (χ0v) is 9.56.